The van der Waals surface area contributed by atoms with Gasteiger partial charge in [0.15, 0.2) is 0 Å². The SMILES string of the molecule is OC(COc1ccc(Cl)cc1)CN(Cc1ccco1)CC1CCCO1. The number of aliphatic hydroxyl groups excluding tert-OH is 1. The number of nitrogens with zero attached hydrogens (tertiary/aromatic N) is 1. The molecule has 1 N–H and O–H groups in total. The van der Waals surface area contributed by atoms with Crippen LogP contribution in [0.25, 0.3) is 0 Å². The van der Waals surface area contributed by atoms with E-state index < -0.39 is 6.10 Å². The summed E-state index contributed by atoms with van der Waals surface area (Å²) in [4.78, 5) is 2.16. The van der Waals surface area contributed by atoms with Crippen molar-refractivity contribution in [2.45, 2.75) is 31.6 Å². The molecule has 25 heavy (non-hydrogen) atoms. The lowest BCUT2D eigenvalue weighted by molar-refractivity contribution is 0.0290. The van der Waals surface area contributed by atoms with Gasteiger partial charge in [-0.3, -0.25) is 4.90 Å². The number of rotatable bonds is 9. The van der Waals surface area contributed by atoms with E-state index in [1.54, 1.807) is 30.5 Å². The largest absolute Gasteiger partial charge is 0.491 e. The average Bonchev–Trinajstić information content (AvgIpc) is 3.28. The Hall–Kier alpha value is -1.53. The Morgan fingerprint density at radius 1 is 1.28 bits per heavy atom. The van der Waals surface area contributed by atoms with Crippen molar-refractivity contribution in [2.75, 3.05) is 26.3 Å². The molecule has 2 atom stereocenters. The van der Waals surface area contributed by atoms with E-state index in [1.165, 1.54) is 0 Å². The van der Waals surface area contributed by atoms with Crippen molar-refractivity contribution in [1.82, 2.24) is 4.90 Å². The van der Waals surface area contributed by atoms with Gasteiger partial charge >= 0.3 is 0 Å². The van der Waals surface area contributed by atoms with Crippen molar-refractivity contribution >= 4 is 11.6 Å². The summed E-state index contributed by atoms with van der Waals surface area (Å²) < 4.78 is 16.8. The maximum atomic E-state index is 10.4. The second-order valence-corrected chi connectivity index (χ2v) is 6.76. The van der Waals surface area contributed by atoms with Gasteiger partial charge in [-0.2, -0.15) is 0 Å². The molecular weight excluding hydrogens is 342 g/mol. The number of aliphatic hydroxyl groups is 1. The number of hydrogen-bond acceptors (Lipinski definition) is 5. The van der Waals surface area contributed by atoms with Gasteiger partial charge in [-0.1, -0.05) is 11.6 Å². The van der Waals surface area contributed by atoms with Gasteiger partial charge in [-0.05, 0) is 49.2 Å². The monoisotopic (exact) mass is 365 g/mol. The van der Waals surface area contributed by atoms with Crippen LogP contribution in [0.1, 0.15) is 18.6 Å². The number of halogens is 1. The molecule has 0 spiro atoms. The zero-order valence-electron chi connectivity index (χ0n) is 14.1. The minimum absolute atomic E-state index is 0.222. The first-order chi connectivity index (χ1) is 12.2. The Morgan fingerprint density at radius 2 is 2.12 bits per heavy atom. The van der Waals surface area contributed by atoms with E-state index in [2.05, 4.69) is 4.90 Å². The molecule has 0 radical (unpaired) electrons. The summed E-state index contributed by atoms with van der Waals surface area (Å²) in [6.07, 6.45) is 3.44. The zero-order chi connectivity index (χ0) is 17.5. The van der Waals surface area contributed by atoms with E-state index >= 15 is 0 Å². The summed E-state index contributed by atoms with van der Waals surface area (Å²) in [6.45, 7) is 2.96. The Kier molecular flexibility index (Phi) is 6.76. The normalized spacial score (nSPS) is 18.6. The van der Waals surface area contributed by atoms with Gasteiger partial charge in [0, 0.05) is 24.7 Å². The molecule has 0 amide bonds. The summed E-state index contributed by atoms with van der Waals surface area (Å²) in [5.74, 6) is 1.57. The van der Waals surface area contributed by atoms with Crippen LogP contribution < -0.4 is 4.74 Å². The molecular formula is C19H24ClNO4. The van der Waals surface area contributed by atoms with Crippen LogP contribution in [0.4, 0.5) is 0 Å². The second-order valence-electron chi connectivity index (χ2n) is 6.33. The van der Waals surface area contributed by atoms with Crippen LogP contribution in [0.5, 0.6) is 5.75 Å². The number of benzene rings is 1. The van der Waals surface area contributed by atoms with Crippen LogP contribution in [0, 0.1) is 0 Å². The molecule has 1 fully saturated rings. The van der Waals surface area contributed by atoms with Crippen LogP contribution in [0.2, 0.25) is 5.02 Å². The summed E-state index contributed by atoms with van der Waals surface area (Å²) in [7, 11) is 0. The number of ether oxygens (including phenoxy) is 2. The fraction of sp³-hybridized carbons (Fsp3) is 0.474. The first-order valence-corrected chi connectivity index (χ1v) is 8.99. The quantitative estimate of drug-likeness (QED) is 0.738. The van der Waals surface area contributed by atoms with Gasteiger partial charge < -0.3 is 19.0 Å². The fourth-order valence-corrected chi connectivity index (χ4v) is 3.10. The van der Waals surface area contributed by atoms with Crippen molar-refractivity contribution < 1.29 is 19.0 Å². The van der Waals surface area contributed by atoms with Crippen molar-refractivity contribution in [1.29, 1.82) is 0 Å². The predicted molar refractivity (Wildman–Crippen MR) is 95.9 cm³/mol. The van der Waals surface area contributed by atoms with Gasteiger partial charge in [0.25, 0.3) is 0 Å². The van der Waals surface area contributed by atoms with E-state index in [0.717, 1.165) is 31.8 Å². The van der Waals surface area contributed by atoms with Crippen molar-refractivity contribution in [2.24, 2.45) is 0 Å². The summed E-state index contributed by atoms with van der Waals surface area (Å²) >= 11 is 5.86. The van der Waals surface area contributed by atoms with E-state index in [4.69, 9.17) is 25.5 Å². The summed E-state index contributed by atoms with van der Waals surface area (Å²) in [6, 6.07) is 10.9. The van der Waals surface area contributed by atoms with Crippen LogP contribution in [-0.4, -0.2) is 48.5 Å². The fourth-order valence-electron chi connectivity index (χ4n) is 2.98. The van der Waals surface area contributed by atoms with Crippen LogP contribution in [-0.2, 0) is 11.3 Å². The lowest BCUT2D eigenvalue weighted by Crippen LogP contribution is -2.39. The molecule has 1 aromatic carbocycles. The molecule has 5 nitrogen and oxygen atoms in total. The van der Waals surface area contributed by atoms with E-state index in [-0.39, 0.29) is 12.7 Å². The Morgan fingerprint density at radius 3 is 2.80 bits per heavy atom. The molecule has 0 saturated carbocycles. The molecule has 0 bridgehead atoms. The van der Waals surface area contributed by atoms with Crippen molar-refractivity contribution in [3.63, 3.8) is 0 Å². The lowest BCUT2D eigenvalue weighted by Gasteiger charge is -2.26. The molecule has 136 valence electrons. The van der Waals surface area contributed by atoms with E-state index in [1.807, 2.05) is 12.1 Å². The topological polar surface area (TPSA) is 55.1 Å². The zero-order valence-corrected chi connectivity index (χ0v) is 14.9. The minimum Gasteiger partial charge on any atom is -0.491 e. The minimum atomic E-state index is -0.605. The third-order valence-electron chi connectivity index (χ3n) is 4.17. The molecule has 0 aliphatic carbocycles. The average molecular weight is 366 g/mol. The number of furan rings is 1. The first kappa shape index (κ1) is 18.3. The van der Waals surface area contributed by atoms with Crippen LogP contribution >= 0.6 is 11.6 Å². The molecule has 2 aromatic rings. The van der Waals surface area contributed by atoms with Gasteiger partial charge in [-0.25, -0.2) is 0 Å². The Balaban J connectivity index is 1.51. The maximum absolute atomic E-state index is 10.4. The van der Waals surface area contributed by atoms with Gasteiger partial charge in [0.2, 0.25) is 0 Å². The van der Waals surface area contributed by atoms with E-state index in [9.17, 15) is 5.11 Å². The third-order valence-corrected chi connectivity index (χ3v) is 4.42. The Bertz CT molecular complexity index is 611. The molecule has 2 heterocycles. The number of hydrogen-bond donors (Lipinski definition) is 1. The van der Waals surface area contributed by atoms with Crippen molar-refractivity contribution in [3.8, 4) is 5.75 Å². The molecule has 1 aliphatic rings. The van der Waals surface area contributed by atoms with Crippen molar-refractivity contribution in [3.05, 3.63) is 53.4 Å². The molecule has 1 aromatic heterocycles. The second kappa shape index (κ2) is 9.25. The highest BCUT2D eigenvalue weighted by Gasteiger charge is 2.22. The highest BCUT2D eigenvalue weighted by Crippen LogP contribution is 2.17. The van der Waals surface area contributed by atoms with Gasteiger partial charge in [0.1, 0.15) is 24.2 Å². The Labute approximate surface area is 153 Å². The smallest absolute Gasteiger partial charge is 0.119 e. The standard InChI is InChI=1S/C19H24ClNO4/c20-15-5-7-17(8-6-15)25-14-16(22)11-21(12-18-3-1-9-23-18)13-19-4-2-10-24-19/h1,3,5-9,16,19,22H,2,4,10-14H2. The van der Waals surface area contributed by atoms with Gasteiger partial charge in [0.05, 0.1) is 18.9 Å². The van der Waals surface area contributed by atoms with Crippen LogP contribution in [0.15, 0.2) is 47.1 Å². The van der Waals surface area contributed by atoms with Crippen LogP contribution in [0.3, 0.4) is 0 Å². The maximum Gasteiger partial charge on any atom is 0.119 e. The molecule has 3 rings (SSSR count). The first-order valence-electron chi connectivity index (χ1n) is 8.62. The summed E-state index contributed by atoms with van der Waals surface area (Å²) in [5, 5.41) is 11.0. The predicted octanol–water partition coefficient (Wildman–Crippen LogP) is 3.35. The molecule has 6 heteroatoms. The molecule has 1 aliphatic heterocycles. The highest BCUT2D eigenvalue weighted by molar-refractivity contribution is 6.30. The molecule has 2 unspecified atom stereocenters. The summed E-state index contributed by atoms with van der Waals surface area (Å²) in [5.41, 5.74) is 0. The third kappa shape index (κ3) is 6.04. The molecule has 1 saturated heterocycles. The van der Waals surface area contributed by atoms with Gasteiger partial charge in [-0.15, -0.1) is 0 Å². The lowest BCUT2D eigenvalue weighted by atomic mass is 10.2. The highest BCUT2D eigenvalue weighted by atomic mass is 35.5. The van der Waals surface area contributed by atoms with E-state index in [0.29, 0.717) is 23.9 Å².